The number of hydrogen-bond acceptors (Lipinski definition) is 7. The van der Waals surface area contributed by atoms with Crippen molar-refractivity contribution < 1.29 is 9.84 Å². The number of imidazole rings is 1. The Morgan fingerprint density at radius 2 is 2.22 bits per heavy atom. The molecule has 2 atom stereocenters. The van der Waals surface area contributed by atoms with Crippen LogP contribution in [0, 0.1) is 0 Å². The topological polar surface area (TPSA) is 125 Å². The van der Waals surface area contributed by atoms with Gasteiger partial charge in [-0.15, -0.1) is 0 Å². The Morgan fingerprint density at radius 1 is 1.39 bits per heavy atom. The van der Waals surface area contributed by atoms with Gasteiger partial charge in [-0.25, -0.2) is 15.0 Å². The van der Waals surface area contributed by atoms with Gasteiger partial charge < -0.3 is 21.3 Å². The van der Waals surface area contributed by atoms with E-state index in [4.69, 9.17) is 21.3 Å². The molecule has 18 heavy (non-hydrogen) atoms. The van der Waals surface area contributed by atoms with Gasteiger partial charge in [0.1, 0.15) is 12.6 Å². The van der Waals surface area contributed by atoms with E-state index in [-0.39, 0.29) is 18.9 Å². The van der Waals surface area contributed by atoms with Gasteiger partial charge in [0.2, 0.25) is 5.95 Å². The summed E-state index contributed by atoms with van der Waals surface area (Å²) in [6.07, 6.45) is 2.48. The first-order valence-corrected chi connectivity index (χ1v) is 5.71. The van der Waals surface area contributed by atoms with Crippen molar-refractivity contribution in [3.8, 4) is 0 Å². The highest BCUT2D eigenvalue weighted by atomic mass is 16.5. The smallest absolute Gasteiger partial charge is 0.204 e. The Bertz CT molecular complexity index is 583. The van der Waals surface area contributed by atoms with E-state index in [1.807, 2.05) is 0 Å². The second-order valence-corrected chi connectivity index (χ2v) is 4.24. The van der Waals surface area contributed by atoms with Gasteiger partial charge in [0.15, 0.2) is 17.0 Å². The largest absolute Gasteiger partial charge is 0.394 e. The van der Waals surface area contributed by atoms with E-state index in [0.29, 0.717) is 22.9 Å². The molecule has 3 rings (SSSR count). The number of anilines is 2. The van der Waals surface area contributed by atoms with E-state index in [2.05, 4.69) is 15.0 Å². The molecule has 2 aromatic rings. The van der Waals surface area contributed by atoms with Crippen LogP contribution in [0.25, 0.3) is 11.2 Å². The molecule has 2 aromatic heterocycles. The van der Waals surface area contributed by atoms with Gasteiger partial charge >= 0.3 is 0 Å². The first-order chi connectivity index (χ1) is 8.70. The van der Waals surface area contributed by atoms with E-state index in [1.54, 1.807) is 4.57 Å². The first-order valence-electron chi connectivity index (χ1n) is 5.71. The quantitative estimate of drug-likeness (QED) is 0.665. The van der Waals surface area contributed by atoms with Crippen LogP contribution in [-0.2, 0) is 4.74 Å². The summed E-state index contributed by atoms with van der Waals surface area (Å²) in [4.78, 5) is 12.2. The summed E-state index contributed by atoms with van der Waals surface area (Å²) in [5.74, 6) is 0.586. The fourth-order valence-corrected chi connectivity index (χ4v) is 2.24. The second kappa shape index (κ2) is 4.07. The van der Waals surface area contributed by atoms with Crippen LogP contribution in [0.15, 0.2) is 6.33 Å². The van der Waals surface area contributed by atoms with Crippen LogP contribution >= 0.6 is 0 Å². The Labute approximate surface area is 103 Å². The summed E-state index contributed by atoms with van der Waals surface area (Å²) in [7, 11) is 0. The van der Waals surface area contributed by atoms with E-state index >= 15 is 0 Å². The zero-order chi connectivity index (χ0) is 12.7. The number of nitrogen functional groups attached to an aromatic ring is 2. The first kappa shape index (κ1) is 11.2. The van der Waals surface area contributed by atoms with Crippen LogP contribution in [0.2, 0.25) is 0 Å². The minimum atomic E-state index is -0.263. The number of fused-ring (bicyclic) bond motifs is 1. The highest BCUT2D eigenvalue weighted by molar-refractivity contribution is 5.83. The summed E-state index contributed by atoms with van der Waals surface area (Å²) in [6.45, 7) is 0.000156. The molecule has 0 unspecified atom stereocenters. The van der Waals surface area contributed by atoms with Gasteiger partial charge in [0, 0.05) is 0 Å². The minimum Gasteiger partial charge on any atom is -0.394 e. The van der Waals surface area contributed by atoms with Crippen molar-refractivity contribution in [2.45, 2.75) is 25.2 Å². The summed E-state index contributed by atoms with van der Waals surface area (Å²) in [5, 5.41) is 9.08. The van der Waals surface area contributed by atoms with Gasteiger partial charge in [0.25, 0.3) is 0 Å². The molecule has 1 aliphatic rings. The Morgan fingerprint density at radius 3 is 2.94 bits per heavy atom. The number of hydrogen-bond donors (Lipinski definition) is 3. The standard InChI is InChI=1S/C10H14N6O2/c11-8-7-9(14-4-13-8)16(10(12)15-7)6-2-1-5(3-17)18-6/h4-6,17H,1-3H2,(H2,12,15)(H2,11,13,14)/t5-,6+/m0/s1. The summed E-state index contributed by atoms with van der Waals surface area (Å²) < 4.78 is 7.37. The number of aliphatic hydroxyl groups is 1. The monoisotopic (exact) mass is 250 g/mol. The van der Waals surface area contributed by atoms with Crippen LogP contribution in [0.5, 0.6) is 0 Å². The average molecular weight is 250 g/mol. The summed E-state index contributed by atoms with van der Waals surface area (Å²) in [5.41, 5.74) is 12.6. The van der Waals surface area contributed by atoms with Crippen LogP contribution in [-0.4, -0.2) is 37.3 Å². The van der Waals surface area contributed by atoms with Gasteiger partial charge in [-0.05, 0) is 12.8 Å². The third kappa shape index (κ3) is 1.57. The lowest BCUT2D eigenvalue weighted by Crippen LogP contribution is -2.16. The molecular weight excluding hydrogens is 236 g/mol. The summed E-state index contributed by atoms with van der Waals surface area (Å²) in [6, 6.07) is 0. The predicted octanol–water partition coefficient (Wildman–Crippen LogP) is -0.339. The van der Waals surface area contributed by atoms with Gasteiger partial charge in [-0.3, -0.25) is 4.57 Å². The summed E-state index contributed by atoms with van der Waals surface area (Å²) >= 11 is 0. The zero-order valence-electron chi connectivity index (χ0n) is 9.65. The van der Waals surface area contributed by atoms with Crippen molar-refractivity contribution in [3.05, 3.63) is 6.33 Å². The lowest BCUT2D eigenvalue weighted by atomic mass is 10.2. The number of rotatable bonds is 2. The maximum absolute atomic E-state index is 9.08. The van der Waals surface area contributed by atoms with Crippen molar-refractivity contribution in [1.29, 1.82) is 0 Å². The van der Waals surface area contributed by atoms with E-state index < -0.39 is 0 Å². The van der Waals surface area contributed by atoms with Crippen molar-refractivity contribution in [1.82, 2.24) is 19.5 Å². The molecule has 0 radical (unpaired) electrons. The average Bonchev–Trinajstić information content (AvgIpc) is 2.93. The number of aromatic nitrogens is 4. The molecule has 8 nitrogen and oxygen atoms in total. The molecule has 0 aliphatic carbocycles. The molecule has 1 fully saturated rings. The highest BCUT2D eigenvalue weighted by Crippen LogP contribution is 2.33. The van der Waals surface area contributed by atoms with E-state index in [0.717, 1.165) is 12.8 Å². The van der Waals surface area contributed by atoms with E-state index in [9.17, 15) is 0 Å². The van der Waals surface area contributed by atoms with Crippen molar-refractivity contribution in [2.75, 3.05) is 18.1 Å². The zero-order valence-corrected chi connectivity index (χ0v) is 9.65. The Hall–Kier alpha value is -1.93. The molecule has 0 aromatic carbocycles. The van der Waals surface area contributed by atoms with Crippen LogP contribution in [0.1, 0.15) is 19.1 Å². The van der Waals surface area contributed by atoms with Crippen molar-refractivity contribution in [2.24, 2.45) is 0 Å². The number of aliphatic hydroxyl groups excluding tert-OH is 1. The highest BCUT2D eigenvalue weighted by Gasteiger charge is 2.29. The fourth-order valence-electron chi connectivity index (χ4n) is 2.24. The molecule has 3 heterocycles. The molecule has 0 amide bonds. The predicted molar refractivity (Wildman–Crippen MR) is 64.4 cm³/mol. The number of ether oxygens (including phenoxy) is 1. The third-order valence-electron chi connectivity index (χ3n) is 3.11. The number of nitrogens with two attached hydrogens (primary N) is 2. The molecule has 1 saturated heterocycles. The Balaban J connectivity index is 2.07. The molecule has 0 bridgehead atoms. The number of nitrogens with zero attached hydrogens (tertiary/aromatic N) is 4. The Kier molecular flexibility index (Phi) is 2.53. The van der Waals surface area contributed by atoms with Crippen LogP contribution in [0.4, 0.5) is 11.8 Å². The SMILES string of the molecule is Nc1ncnc2c1nc(N)n2[C@H]1CC[C@@H](CO)O1. The third-order valence-corrected chi connectivity index (χ3v) is 3.11. The second-order valence-electron chi connectivity index (χ2n) is 4.24. The lowest BCUT2D eigenvalue weighted by molar-refractivity contribution is -0.0196. The molecule has 1 aliphatic heterocycles. The normalized spacial score (nSPS) is 23.8. The maximum Gasteiger partial charge on any atom is 0.204 e. The van der Waals surface area contributed by atoms with Crippen LogP contribution < -0.4 is 11.5 Å². The van der Waals surface area contributed by atoms with E-state index in [1.165, 1.54) is 6.33 Å². The van der Waals surface area contributed by atoms with Crippen molar-refractivity contribution >= 4 is 22.9 Å². The molecular formula is C10H14N6O2. The molecule has 0 saturated carbocycles. The molecule has 5 N–H and O–H groups in total. The van der Waals surface area contributed by atoms with Gasteiger partial charge in [0.05, 0.1) is 12.7 Å². The van der Waals surface area contributed by atoms with Gasteiger partial charge in [-0.1, -0.05) is 0 Å². The minimum absolute atomic E-state index is 0.000156. The lowest BCUT2D eigenvalue weighted by Gasteiger charge is -2.15. The molecule has 96 valence electrons. The molecule has 8 heteroatoms. The van der Waals surface area contributed by atoms with Crippen LogP contribution in [0.3, 0.4) is 0 Å². The van der Waals surface area contributed by atoms with Gasteiger partial charge in [-0.2, -0.15) is 0 Å². The molecule has 0 spiro atoms. The maximum atomic E-state index is 9.08. The van der Waals surface area contributed by atoms with Crippen molar-refractivity contribution in [3.63, 3.8) is 0 Å². The fraction of sp³-hybridized carbons (Fsp3) is 0.500.